The maximum Gasteiger partial charge on any atom is 0.0802 e. The van der Waals surface area contributed by atoms with E-state index < -0.39 is 0 Å². The molecule has 0 aliphatic rings. The van der Waals surface area contributed by atoms with Gasteiger partial charge in [-0.3, -0.25) is 0 Å². The maximum atomic E-state index is 9.29. The molecule has 0 amide bonds. The van der Waals surface area contributed by atoms with E-state index in [1.54, 1.807) is 0 Å². The SMILES string of the molecule is CCCCN(CC)CC(O)CCl. The first-order chi connectivity index (χ1) is 5.74. The average molecular weight is 194 g/mol. The van der Waals surface area contributed by atoms with Gasteiger partial charge < -0.3 is 10.0 Å². The fourth-order valence-electron chi connectivity index (χ4n) is 1.11. The molecule has 3 heteroatoms. The van der Waals surface area contributed by atoms with Crippen molar-refractivity contribution >= 4 is 11.6 Å². The van der Waals surface area contributed by atoms with Crippen molar-refractivity contribution < 1.29 is 5.11 Å². The average Bonchev–Trinajstić information content (AvgIpc) is 2.11. The van der Waals surface area contributed by atoms with Gasteiger partial charge in [0.25, 0.3) is 0 Å². The summed E-state index contributed by atoms with van der Waals surface area (Å²) in [5.41, 5.74) is 0. The Morgan fingerprint density at radius 1 is 1.42 bits per heavy atom. The van der Waals surface area contributed by atoms with Gasteiger partial charge in [0.2, 0.25) is 0 Å². The largest absolute Gasteiger partial charge is 0.391 e. The van der Waals surface area contributed by atoms with Crippen molar-refractivity contribution in [2.75, 3.05) is 25.5 Å². The summed E-state index contributed by atoms with van der Waals surface area (Å²) in [6.45, 7) is 7.05. The van der Waals surface area contributed by atoms with E-state index in [0.29, 0.717) is 12.4 Å². The van der Waals surface area contributed by atoms with Crippen LogP contribution in [0.25, 0.3) is 0 Å². The van der Waals surface area contributed by atoms with E-state index in [2.05, 4.69) is 18.7 Å². The zero-order chi connectivity index (χ0) is 9.40. The van der Waals surface area contributed by atoms with Crippen LogP contribution in [0.4, 0.5) is 0 Å². The van der Waals surface area contributed by atoms with E-state index in [9.17, 15) is 5.11 Å². The summed E-state index contributed by atoms with van der Waals surface area (Å²) in [5, 5.41) is 9.29. The van der Waals surface area contributed by atoms with Crippen molar-refractivity contribution in [3.63, 3.8) is 0 Å². The number of hydrogen-bond acceptors (Lipinski definition) is 2. The van der Waals surface area contributed by atoms with Crippen LogP contribution in [0.15, 0.2) is 0 Å². The fraction of sp³-hybridized carbons (Fsp3) is 1.00. The van der Waals surface area contributed by atoms with Crippen LogP contribution >= 0.6 is 11.6 Å². The number of alkyl halides is 1. The van der Waals surface area contributed by atoms with Gasteiger partial charge in [-0.15, -0.1) is 11.6 Å². The second kappa shape index (κ2) is 7.84. The molecule has 0 aromatic heterocycles. The van der Waals surface area contributed by atoms with Crippen molar-refractivity contribution in [2.45, 2.75) is 32.8 Å². The van der Waals surface area contributed by atoms with Crippen LogP contribution in [-0.2, 0) is 0 Å². The van der Waals surface area contributed by atoms with Gasteiger partial charge >= 0.3 is 0 Å². The first kappa shape index (κ1) is 12.2. The second-order valence-electron chi connectivity index (χ2n) is 3.05. The molecule has 0 saturated carbocycles. The minimum Gasteiger partial charge on any atom is -0.391 e. The molecule has 0 aromatic carbocycles. The molecule has 1 N–H and O–H groups in total. The van der Waals surface area contributed by atoms with E-state index in [0.717, 1.165) is 13.1 Å². The molecule has 0 aliphatic carbocycles. The molecule has 0 heterocycles. The third kappa shape index (κ3) is 5.81. The van der Waals surface area contributed by atoms with E-state index in [-0.39, 0.29) is 6.10 Å². The molecule has 1 atom stereocenters. The van der Waals surface area contributed by atoms with E-state index in [4.69, 9.17) is 11.6 Å². The smallest absolute Gasteiger partial charge is 0.0802 e. The Labute approximate surface area is 80.5 Å². The summed E-state index contributed by atoms with van der Waals surface area (Å²) in [4.78, 5) is 2.23. The van der Waals surface area contributed by atoms with E-state index in [1.165, 1.54) is 12.8 Å². The number of aliphatic hydroxyl groups is 1. The van der Waals surface area contributed by atoms with Crippen molar-refractivity contribution in [1.29, 1.82) is 0 Å². The van der Waals surface area contributed by atoms with Gasteiger partial charge in [0.15, 0.2) is 0 Å². The van der Waals surface area contributed by atoms with Gasteiger partial charge in [0, 0.05) is 12.4 Å². The first-order valence-electron chi connectivity index (χ1n) is 4.70. The Kier molecular flexibility index (Phi) is 7.98. The van der Waals surface area contributed by atoms with Gasteiger partial charge in [-0.2, -0.15) is 0 Å². The molecule has 1 unspecified atom stereocenters. The Balaban J connectivity index is 3.51. The Bertz CT molecular complexity index is 101. The predicted molar refractivity (Wildman–Crippen MR) is 53.7 cm³/mol. The number of rotatable bonds is 7. The lowest BCUT2D eigenvalue weighted by Crippen LogP contribution is -2.33. The number of unbranched alkanes of at least 4 members (excludes halogenated alkanes) is 1. The molecule has 0 bridgehead atoms. The highest BCUT2D eigenvalue weighted by Crippen LogP contribution is 1.98. The molecule has 2 nitrogen and oxygen atoms in total. The van der Waals surface area contributed by atoms with Gasteiger partial charge in [-0.25, -0.2) is 0 Å². The number of nitrogens with zero attached hydrogens (tertiary/aromatic N) is 1. The van der Waals surface area contributed by atoms with Crippen molar-refractivity contribution in [2.24, 2.45) is 0 Å². The standard InChI is InChI=1S/C9H20ClNO/c1-3-5-6-11(4-2)8-9(12)7-10/h9,12H,3-8H2,1-2H3. The highest BCUT2D eigenvalue weighted by atomic mass is 35.5. The molecule has 0 aromatic rings. The molecule has 0 radical (unpaired) electrons. The molecule has 74 valence electrons. The van der Waals surface area contributed by atoms with Crippen molar-refractivity contribution in [1.82, 2.24) is 4.90 Å². The van der Waals surface area contributed by atoms with Crippen LogP contribution in [0, 0.1) is 0 Å². The Morgan fingerprint density at radius 3 is 2.50 bits per heavy atom. The fourth-order valence-corrected chi connectivity index (χ4v) is 1.20. The van der Waals surface area contributed by atoms with Crippen molar-refractivity contribution in [3.05, 3.63) is 0 Å². The normalized spacial score (nSPS) is 13.8. The van der Waals surface area contributed by atoms with Crippen LogP contribution in [0.2, 0.25) is 0 Å². The van der Waals surface area contributed by atoms with Crippen molar-refractivity contribution in [3.8, 4) is 0 Å². The van der Waals surface area contributed by atoms with Gasteiger partial charge in [0.1, 0.15) is 0 Å². The number of aliphatic hydroxyl groups excluding tert-OH is 1. The van der Waals surface area contributed by atoms with Crippen LogP contribution in [0.3, 0.4) is 0 Å². The molecular formula is C9H20ClNO. The lowest BCUT2D eigenvalue weighted by atomic mass is 10.3. The van der Waals surface area contributed by atoms with Gasteiger partial charge in [-0.1, -0.05) is 20.3 Å². The number of halogens is 1. The summed E-state index contributed by atoms with van der Waals surface area (Å²) >= 11 is 5.51. The molecule has 0 spiro atoms. The molecular weight excluding hydrogens is 174 g/mol. The molecule has 0 aliphatic heterocycles. The van der Waals surface area contributed by atoms with Gasteiger partial charge in [0.05, 0.1) is 6.10 Å². The Hall–Kier alpha value is 0.210. The highest BCUT2D eigenvalue weighted by molar-refractivity contribution is 6.18. The monoisotopic (exact) mass is 193 g/mol. The maximum absolute atomic E-state index is 9.29. The number of hydrogen-bond donors (Lipinski definition) is 1. The summed E-state index contributed by atoms with van der Waals surface area (Å²) in [7, 11) is 0. The third-order valence-corrected chi connectivity index (χ3v) is 2.28. The van der Waals surface area contributed by atoms with Crippen LogP contribution in [0.1, 0.15) is 26.7 Å². The quantitative estimate of drug-likeness (QED) is 0.623. The van der Waals surface area contributed by atoms with E-state index in [1.807, 2.05) is 0 Å². The summed E-state index contributed by atoms with van der Waals surface area (Å²) in [6, 6.07) is 0. The molecule has 0 rings (SSSR count). The van der Waals surface area contributed by atoms with Crippen LogP contribution in [0.5, 0.6) is 0 Å². The molecule has 0 fully saturated rings. The highest BCUT2D eigenvalue weighted by Gasteiger charge is 2.07. The zero-order valence-electron chi connectivity index (χ0n) is 8.09. The second-order valence-corrected chi connectivity index (χ2v) is 3.36. The third-order valence-electron chi connectivity index (χ3n) is 1.92. The van der Waals surface area contributed by atoms with Gasteiger partial charge in [-0.05, 0) is 19.5 Å². The summed E-state index contributed by atoms with van der Waals surface area (Å²) in [6.07, 6.45) is 2.03. The molecule has 0 saturated heterocycles. The summed E-state index contributed by atoms with van der Waals surface area (Å²) in [5.74, 6) is 0.336. The van der Waals surface area contributed by atoms with Crippen LogP contribution in [-0.4, -0.2) is 41.6 Å². The lowest BCUT2D eigenvalue weighted by Gasteiger charge is -2.22. The zero-order valence-corrected chi connectivity index (χ0v) is 8.85. The van der Waals surface area contributed by atoms with E-state index >= 15 is 0 Å². The van der Waals surface area contributed by atoms with Crippen LogP contribution < -0.4 is 0 Å². The minimum absolute atomic E-state index is 0.336. The topological polar surface area (TPSA) is 23.5 Å². The number of likely N-dealkylation sites (N-methyl/N-ethyl adjacent to an activating group) is 1. The lowest BCUT2D eigenvalue weighted by molar-refractivity contribution is 0.131. The predicted octanol–water partition coefficient (Wildman–Crippen LogP) is 1.71. The molecule has 12 heavy (non-hydrogen) atoms. The minimum atomic E-state index is -0.372. The summed E-state index contributed by atoms with van der Waals surface area (Å²) < 4.78 is 0. The Morgan fingerprint density at radius 2 is 2.08 bits per heavy atom. The first-order valence-corrected chi connectivity index (χ1v) is 5.24.